The Morgan fingerprint density at radius 2 is 1.58 bits per heavy atom. The molecule has 0 heterocycles. The van der Waals surface area contributed by atoms with Gasteiger partial charge in [0.05, 0.1) is 0 Å². The van der Waals surface area contributed by atoms with Gasteiger partial charge < -0.3 is 4.43 Å². The zero-order valence-electron chi connectivity index (χ0n) is 17.4. The third kappa shape index (κ3) is 6.48. The van der Waals surface area contributed by atoms with E-state index in [1.807, 2.05) is 13.8 Å². The Kier molecular flexibility index (Phi) is 7.93. The average molecular weight is 367 g/mol. The molecule has 0 N–H and O–H groups in total. The second-order valence-corrected chi connectivity index (χ2v) is 14.4. The highest BCUT2D eigenvalue weighted by Crippen LogP contribution is 2.45. The van der Waals surface area contributed by atoms with Crippen LogP contribution in [0.25, 0.3) is 0 Å². The minimum absolute atomic E-state index is 0.117. The first kappa shape index (κ1) is 21.6. The summed E-state index contributed by atoms with van der Waals surface area (Å²) in [6, 6.07) is 4.67. The molecule has 0 saturated heterocycles. The molecule has 0 bridgehead atoms. The van der Waals surface area contributed by atoms with Crippen LogP contribution in [0.5, 0.6) is 5.75 Å². The van der Waals surface area contributed by atoms with Gasteiger partial charge in [0.2, 0.25) is 8.32 Å². The molecule has 1 aliphatic carbocycles. The summed E-state index contributed by atoms with van der Waals surface area (Å²) in [6.07, 6.45) is 5.49. The molecule has 0 unspecified atom stereocenters. The van der Waals surface area contributed by atoms with Gasteiger partial charge in [-0.25, -0.2) is 0 Å². The van der Waals surface area contributed by atoms with Crippen LogP contribution in [0.15, 0.2) is 17.0 Å². The van der Waals surface area contributed by atoms with Crippen molar-refractivity contribution < 1.29 is 4.43 Å². The summed E-state index contributed by atoms with van der Waals surface area (Å²) >= 11 is 2.06. The van der Waals surface area contributed by atoms with Crippen molar-refractivity contribution in [3.63, 3.8) is 0 Å². The van der Waals surface area contributed by atoms with E-state index in [2.05, 4.69) is 71.2 Å². The van der Waals surface area contributed by atoms with Gasteiger partial charge >= 0.3 is 0 Å². The van der Waals surface area contributed by atoms with Crippen molar-refractivity contribution in [3.05, 3.63) is 23.3 Å². The van der Waals surface area contributed by atoms with Crippen molar-refractivity contribution in [1.82, 2.24) is 0 Å². The summed E-state index contributed by atoms with van der Waals surface area (Å²) in [7, 11) is -1.63. The molecular formula is C21H38OSSi. The predicted octanol–water partition coefficient (Wildman–Crippen LogP) is 7.57. The molecule has 0 spiro atoms. The van der Waals surface area contributed by atoms with Crippen LogP contribution in [-0.4, -0.2) is 13.6 Å². The van der Waals surface area contributed by atoms with Gasteiger partial charge in [0.15, 0.2) is 0 Å². The first-order valence-corrected chi connectivity index (χ1v) is 13.9. The first-order valence-electron chi connectivity index (χ1n) is 9.57. The van der Waals surface area contributed by atoms with Crippen LogP contribution >= 0.6 is 11.8 Å². The zero-order chi connectivity index (χ0) is 18.5. The Morgan fingerprint density at radius 1 is 1.04 bits per heavy atom. The van der Waals surface area contributed by atoms with Crippen LogP contribution in [0.2, 0.25) is 19.6 Å². The van der Waals surface area contributed by atoms with Gasteiger partial charge in [-0.1, -0.05) is 53.5 Å². The lowest BCUT2D eigenvalue weighted by Gasteiger charge is -2.30. The standard InChI is InChI=1S/C19H32OSSi.C2H6/c1-14-12-16(19(2,3)4)18(20-22(5,6)7)17(13-14)21-15-10-8-9-11-15;1-2/h12-13,15H,8-11H2,1-7H3;1-2H3. The molecular weight excluding hydrogens is 328 g/mol. The van der Waals surface area contributed by atoms with E-state index in [1.54, 1.807) is 0 Å². The molecule has 0 radical (unpaired) electrons. The fourth-order valence-electron chi connectivity index (χ4n) is 2.98. The molecule has 1 aromatic rings. The number of hydrogen-bond acceptors (Lipinski definition) is 2. The number of aryl methyl sites for hydroxylation is 1. The largest absolute Gasteiger partial charge is 0.543 e. The third-order valence-corrected chi connectivity index (χ3v) is 6.19. The molecule has 138 valence electrons. The molecule has 1 aliphatic rings. The molecule has 24 heavy (non-hydrogen) atoms. The molecule has 0 aromatic heterocycles. The molecule has 0 amide bonds. The zero-order valence-corrected chi connectivity index (χ0v) is 19.2. The maximum Gasteiger partial charge on any atom is 0.242 e. The van der Waals surface area contributed by atoms with E-state index in [4.69, 9.17) is 4.43 Å². The number of thioether (sulfide) groups is 1. The lowest BCUT2D eigenvalue weighted by molar-refractivity contribution is 0.496. The summed E-state index contributed by atoms with van der Waals surface area (Å²) in [5.74, 6) is 1.18. The maximum absolute atomic E-state index is 6.57. The van der Waals surface area contributed by atoms with E-state index in [0.717, 1.165) is 5.25 Å². The number of hydrogen-bond donors (Lipinski definition) is 0. The Hall–Kier alpha value is -0.413. The molecule has 1 saturated carbocycles. The Bertz CT molecular complexity index is 520. The van der Waals surface area contributed by atoms with E-state index >= 15 is 0 Å². The topological polar surface area (TPSA) is 9.23 Å². The van der Waals surface area contributed by atoms with Crippen LogP contribution in [0.1, 0.15) is 71.4 Å². The summed E-state index contributed by atoms with van der Waals surface area (Å²) in [4.78, 5) is 1.37. The molecule has 0 atom stereocenters. The Labute approximate surface area is 156 Å². The molecule has 0 aliphatic heterocycles. The third-order valence-electron chi connectivity index (χ3n) is 4.01. The van der Waals surface area contributed by atoms with E-state index in [-0.39, 0.29) is 5.41 Å². The van der Waals surface area contributed by atoms with Crippen molar-refractivity contribution in [3.8, 4) is 5.75 Å². The number of benzene rings is 1. The maximum atomic E-state index is 6.57. The highest BCUT2D eigenvalue weighted by molar-refractivity contribution is 8.00. The lowest BCUT2D eigenvalue weighted by atomic mass is 9.85. The Morgan fingerprint density at radius 3 is 2.04 bits per heavy atom. The fraction of sp³-hybridized carbons (Fsp3) is 0.714. The predicted molar refractivity (Wildman–Crippen MR) is 113 cm³/mol. The van der Waals surface area contributed by atoms with E-state index < -0.39 is 8.32 Å². The van der Waals surface area contributed by atoms with E-state index in [9.17, 15) is 0 Å². The summed E-state index contributed by atoms with van der Waals surface area (Å²) in [5.41, 5.74) is 2.84. The molecule has 1 nitrogen and oxygen atoms in total. The van der Waals surface area contributed by atoms with Gasteiger partial charge in [0, 0.05) is 10.1 Å². The normalized spacial score (nSPS) is 15.9. The van der Waals surface area contributed by atoms with Gasteiger partial charge in [-0.15, -0.1) is 11.8 Å². The van der Waals surface area contributed by atoms with Crippen LogP contribution in [0.3, 0.4) is 0 Å². The van der Waals surface area contributed by atoms with Gasteiger partial charge in [-0.3, -0.25) is 0 Å². The van der Waals surface area contributed by atoms with Crippen molar-refractivity contribution >= 4 is 20.1 Å². The summed E-state index contributed by atoms with van der Waals surface area (Å²) < 4.78 is 6.57. The number of rotatable bonds is 4. The van der Waals surface area contributed by atoms with Crippen molar-refractivity contribution in [2.45, 2.75) is 102 Å². The average Bonchev–Trinajstić information content (AvgIpc) is 2.94. The minimum atomic E-state index is -1.63. The molecule has 2 rings (SSSR count). The Balaban J connectivity index is 0.00000139. The van der Waals surface area contributed by atoms with Crippen LogP contribution in [0, 0.1) is 6.92 Å². The van der Waals surface area contributed by atoms with Gasteiger partial charge in [-0.2, -0.15) is 0 Å². The van der Waals surface area contributed by atoms with Crippen LogP contribution in [0.4, 0.5) is 0 Å². The van der Waals surface area contributed by atoms with Crippen molar-refractivity contribution in [1.29, 1.82) is 0 Å². The van der Waals surface area contributed by atoms with Crippen LogP contribution in [-0.2, 0) is 5.41 Å². The van der Waals surface area contributed by atoms with Crippen molar-refractivity contribution in [2.75, 3.05) is 0 Å². The van der Waals surface area contributed by atoms with Gasteiger partial charge in [0.1, 0.15) is 5.75 Å². The lowest BCUT2D eigenvalue weighted by Crippen LogP contribution is -2.31. The van der Waals surface area contributed by atoms with Crippen molar-refractivity contribution in [2.24, 2.45) is 0 Å². The second kappa shape index (κ2) is 8.80. The quantitative estimate of drug-likeness (QED) is 0.508. The highest BCUT2D eigenvalue weighted by Gasteiger charge is 2.28. The molecule has 3 heteroatoms. The second-order valence-electron chi connectivity index (χ2n) is 8.63. The first-order chi connectivity index (χ1) is 11.1. The smallest absolute Gasteiger partial charge is 0.242 e. The minimum Gasteiger partial charge on any atom is -0.543 e. The molecule has 1 aromatic carbocycles. The fourth-order valence-corrected chi connectivity index (χ4v) is 5.33. The van der Waals surface area contributed by atoms with E-state index in [1.165, 1.54) is 47.5 Å². The summed E-state index contributed by atoms with van der Waals surface area (Å²) in [5, 5.41) is 0.776. The van der Waals surface area contributed by atoms with Gasteiger partial charge in [0.25, 0.3) is 0 Å². The van der Waals surface area contributed by atoms with Crippen LogP contribution < -0.4 is 4.43 Å². The van der Waals surface area contributed by atoms with Gasteiger partial charge in [-0.05, 0) is 62.0 Å². The monoisotopic (exact) mass is 366 g/mol. The van der Waals surface area contributed by atoms with E-state index in [0.29, 0.717) is 0 Å². The highest BCUT2D eigenvalue weighted by atomic mass is 32.2. The molecule has 1 fully saturated rings. The SMILES string of the molecule is CC.Cc1cc(SC2CCCC2)c(O[Si](C)(C)C)c(C(C)(C)C)c1. The summed E-state index contributed by atoms with van der Waals surface area (Å²) in [6.45, 7) is 19.9.